The molecule has 4 heterocycles. The molecule has 156 valence electrons. The number of hydrogen-bond acceptors (Lipinski definition) is 7. The first kappa shape index (κ1) is 19.0. The van der Waals surface area contributed by atoms with Gasteiger partial charge in [-0.1, -0.05) is 0 Å². The summed E-state index contributed by atoms with van der Waals surface area (Å²) in [6.45, 7) is 6.23. The number of benzene rings is 1. The van der Waals surface area contributed by atoms with E-state index in [9.17, 15) is 4.79 Å². The van der Waals surface area contributed by atoms with Crippen LogP contribution in [0.2, 0.25) is 0 Å². The third-order valence-electron chi connectivity index (χ3n) is 5.64. The standard InChI is InChI=1S/C22H25N5O3/c28-20(17-1-3-19(4-2-17)25-7-11-29-12-8-25)15-18-16-22(26-9-13-30-14-10-26)27-21(24-18)5-6-23-27/h1-6,16H,7-15H2. The maximum atomic E-state index is 12.9. The number of morpholine rings is 2. The van der Waals surface area contributed by atoms with E-state index in [4.69, 9.17) is 9.47 Å². The Labute approximate surface area is 175 Å². The van der Waals surface area contributed by atoms with E-state index in [1.807, 2.05) is 40.9 Å². The molecule has 30 heavy (non-hydrogen) atoms. The Morgan fingerprint density at radius 2 is 1.57 bits per heavy atom. The van der Waals surface area contributed by atoms with Crippen LogP contribution in [0.25, 0.3) is 5.65 Å². The Hall–Kier alpha value is -2.97. The summed E-state index contributed by atoms with van der Waals surface area (Å²) < 4.78 is 12.7. The minimum atomic E-state index is 0.0628. The summed E-state index contributed by atoms with van der Waals surface area (Å²) in [6.07, 6.45) is 2.00. The summed E-state index contributed by atoms with van der Waals surface area (Å²) in [5, 5.41) is 4.40. The monoisotopic (exact) mass is 407 g/mol. The zero-order chi connectivity index (χ0) is 20.3. The molecule has 0 saturated carbocycles. The van der Waals surface area contributed by atoms with Crippen LogP contribution in [0.15, 0.2) is 42.6 Å². The molecular weight excluding hydrogens is 382 g/mol. The number of aromatic nitrogens is 3. The van der Waals surface area contributed by atoms with Gasteiger partial charge in [-0.15, -0.1) is 0 Å². The van der Waals surface area contributed by atoms with E-state index < -0.39 is 0 Å². The van der Waals surface area contributed by atoms with Crippen LogP contribution in [-0.4, -0.2) is 73.0 Å². The van der Waals surface area contributed by atoms with Crippen LogP contribution in [0.3, 0.4) is 0 Å². The van der Waals surface area contributed by atoms with Gasteiger partial charge in [0.25, 0.3) is 0 Å². The van der Waals surface area contributed by atoms with Crippen molar-refractivity contribution in [3.05, 3.63) is 53.9 Å². The van der Waals surface area contributed by atoms with E-state index in [2.05, 4.69) is 19.9 Å². The van der Waals surface area contributed by atoms with Gasteiger partial charge in [0.1, 0.15) is 5.82 Å². The second-order valence-corrected chi connectivity index (χ2v) is 7.55. The van der Waals surface area contributed by atoms with Gasteiger partial charge in [-0.3, -0.25) is 4.79 Å². The SMILES string of the molecule is O=C(Cc1cc(N2CCOCC2)n2nccc2n1)c1ccc(N2CCOCC2)cc1. The predicted molar refractivity (Wildman–Crippen MR) is 114 cm³/mol. The van der Waals surface area contributed by atoms with E-state index in [1.165, 1.54) is 0 Å². The molecular formula is C22H25N5O3. The van der Waals surface area contributed by atoms with Gasteiger partial charge >= 0.3 is 0 Å². The van der Waals surface area contributed by atoms with Gasteiger partial charge in [-0.25, -0.2) is 4.98 Å². The molecule has 8 nitrogen and oxygen atoms in total. The van der Waals surface area contributed by atoms with Crippen LogP contribution >= 0.6 is 0 Å². The van der Waals surface area contributed by atoms with E-state index in [0.717, 1.165) is 62.2 Å². The number of carbonyl (C=O) groups excluding carboxylic acids is 1. The van der Waals surface area contributed by atoms with Gasteiger partial charge in [-0.2, -0.15) is 9.61 Å². The zero-order valence-electron chi connectivity index (χ0n) is 16.9. The number of nitrogens with zero attached hydrogens (tertiary/aromatic N) is 5. The first-order valence-electron chi connectivity index (χ1n) is 10.4. The lowest BCUT2D eigenvalue weighted by Gasteiger charge is -2.29. The van der Waals surface area contributed by atoms with Crippen molar-refractivity contribution >= 4 is 22.9 Å². The molecule has 3 aromatic rings. The van der Waals surface area contributed by atoms with Gasteiger partial charge < -0.3 is 19.3 Å². The van der Waals surface area contributed by atoms with Crippen molar-refractivity contribution in [3.8, 4) is 0 Å². The maximum Gasteiger partial charge on any atom is 0.168 e. The summed E-state index contributed by atoms with van der Waals surface area (Å²) >= 11 is 0. The van der Waals surface area contributed by atoms with Crippen molar-refractivity contribution in [2.24, 2.45) is 0 Å². The minimum absolute atomic E-state index is 0.0628. The van der Waals surface area contributed by atoms with Crippen LogP contribution in [-0.2, 0) is 15.9 Å². The number of carbonyl (C=O) groups is 1. The van der Waals surface area contributed by atoms with Crippen LogP contribution < -0.4 is 9.80 Å². The fraction of sp³-hybridized carbons (Fsp3) is 0.409. The quantitative estimate of drug-likeness (QED) is 0.598. The Balaban J connectivity index is 1.35. The summed E-state index contributed by atoms with van der Waals surface area (Å²) in [4.78, 5) is 22.1. The molecule has 2 aliphatic rings. The molecule has 0 unspecified atom stereocenters. The second-order valence-electron chi connectivity index (χ2n) is 7.55. The number of Topliss-reactive ketones (excluding diaryl/α,β-unsaturated/α-hetero) is 1. The highest BCUT2D eigenvalue weighted by atomic mass is 16.5. The molecule has 0 spiro atoms. The molecule has 2 aromatic heterocycles. The van der Waals surface area contributed by atoms with Crippen molar-refractivity contribution in [3.63, 3.8) is 0 Å². The molecule has 0 bridgehead atoms. The van der Waals surface area contributed by atoms with Gasteiger partial charge in [0, 0.05) is 49.6 Å². The minimum Gasteiger partial charge on any atom is -0.378 e. The van der Waals surface area contributed by atoms with Crippen molar-refractivity contribution in [1.29, 1.82) is 0 Å². The normalized spacial score (nSPS) is 17.5. The van der Waals surface area contributed by atoms with E-state index in [0.29, 0.717) is 18.8 Å². The lowest BCUT2D eigenvalue weighted by Crippen LogP contribution is -2.37. The molecule has 2 fully saturated rings. The molecule has 0 aliphatic carbocycles. The Morgan fingerprint density at radius 3 is 2.27 bits per heavy atom. The summed E-state index contributed by atoms with van der Waals surface area (Å²) in [5.74, 6) is 1.02. The van der Waals surface area contributed by atoms with Gasteiger partial charge in [0.05, 0.1) is 44.7 Å². The molecule has 1 aromatic carbocycles. The molecule has 0 N–H and O–H groups in total. The molecule has 0 amide bonds. The van der Waals surface area contributed by atoms with Crippen molar-refractivity contribution < 1.29 is 14.3 Å². The fourth-order valence-corrected chi connectivity index (χ4v) is 4.00. The Morgan fingerprint density at radius 1 is 0.900 bits per heavy atom. The first-order chi connectivity index (χ1) is 14.8. The van der Waals surface area contributed by atoms with Crippen LogP contribution in [0.4, 0.5) is 11.5 Å². The largest absolute Gasteiger partial charge is 0.378 e. The molecule has 2 saturated heterocycles. The highest BCUT2D eigenvalue weighted by Gasteiger charge is 2.18. The van der Waals surface area contributed by atoms with Crippen molar-refractivity contribution in [2.75, 3.05) is 62.4 Å². The summed E-state index contributed by atoms with van der Waals surface area (Å²) in [7, 11) is 0. The van der Waals surface area contributed by atoms with Crippen LogP contribution in [0.1, 0.15) is 16.1 Å². The topological polar surface area (TPSA) is 72.2 Å². The Kier molecular flexibility index (Phi) is 5.33. The predicted octanol–water partition coefficient (Wildman–Crippen LogP) is 1.83. The van der Waals surface area contributed by atoms with Crippen molar-refractivity contribution in [2.45, 2.75) is 6.42 Å². The summed E-state index contributed by atoms with van der Waals surface area (Å²) in [5.41, 5.74) is 3.34. The lowest BCUT2D eigenvalue weighted by atomic mass is 10.1. The number of rotatable bonds is 5. The van der Waals surface area contributed by atoms with E-state index in [-0.39, 0.29) is 12.2 Å². The molecule has 0 atom stereocenters. The Bertz CT molecular complexity index is 1020. The number of anilines is 2. The smallest absolute Gasteiger partial charge is 0.168 e. The first-order valence-corrected chi connectivity index (χ1v) is 10.4. The van der Waals surface area contributed by atoms with Crippen LogP contribution in [0, 0.1) is 0 Å². The van der Waals surface area contributed by atoms with E-state index in [1.54, 1.807) is 6.20 Å². The number of fused-ring (bicyclic) bond motifs is 1. The number of ether oxygens (including phenoxy) is 2. The highest BCUT2D eigenvalue weighted by molar-refractivity contribution is 5.97. The van der Waals surface area contributed by atoms with Gasteiger partial charge in [0.2, 0.25) is 0 Å². The lowest BCUT2D eigenvalue weighted by molar-refractivity contribution is 0.0991. The maximum absolute atomic E-state index is 12.9. The molecule has 8 heteroatoms. The number of hydrogen-bond donors (Lipinski definition) is 0. The van der Waals surface area contributed by atoms with Gasteiger partial charge in [-0.05, 0) is 24.3 Å². The van der Waals surface area contributed by atoms with Crippen LogP contribution in [0.5, 0.6) is 0 Å². The highest BCUT2D eigenvalue weighted by Crippen LogP contribution is 2.21. The van der Waals surface area contributed by atoms with E-state index >= 15 is 0 Å². The third kappa shape index (κ3) is 3.88. The number of ketones is 1. The zero-order valence-corrected chi connectivity index (χ0v) is 16.9. The second kappa shape index (κ2) is 8.41. The molecule has 2 aliphatic heterocycles. The molecule has 5 rings (SSSR count). The van der Waals surface area contributed by atoms with Gasteiger partial charge in [0.15, 0.2) is 11.4 Å². The van der Waals surface area contributed by atoms with Crippen molar-refractivity contribution in [1.82, 2.24) is 14.6 Å². The summed E-state index contributed by atoms with van der Waals surface area (Å²) in [6, 6.07) is 11.7. The average Bonchev–Trinajstić information content (AvgIpc) is 3.28. The molecule has 0 radical (unpaired) electrons. The fourth-order valence-electron chi connectivity index (χ4n) is 4.00. The average molecular weight is 407 g/mol. The third-order valence-corrected chi connectivity index (χ3v) is 5.64.